The summed E-state index contributed by atoms with van der Waals surface area (Å²) in [5.74, 6) is 2.73. The molecule has 4 rings (SSSR count). The molecule has 4 aliphatic rings. The normalized spacial score (nSPS) is 49.6. The van der Waals surface area contributed by atoms with E-state index >= 15 is 0 Å². The molecule has 3 fully saturated rings. The molecule has 0 saturated heterocycles. The van der Waals surface area contributed by atoms with Crippen molar-refractivity contribution >= 4 is 0 Å². The summed E-state index contributed by atoms with van der Waals surface area (Å²) in [6.07, 6.45) is 18.7. The first kappa shape index (κ1) is 15.7. The lowest BCUT2D eigenvalue weighted by Gasteiger charge is -2.56. The van der Waals surface area contributed by atoms with Gasteiger partial charge in [0, 0.05) is 0 Å². The molecule has 1 unspecified atom stereocenters. The van der Waals surface area contributed by atoms with E-state index in [2.05, 4.69) is 45.9 Å². The molecule has 0 aromatic heterocycles. The Labute approximate surface area is 143 Å². The van der Waals surface area contributed by atoms with Gasteiger partial charge in [0.1, 0.15) is 0 Å². The first-order chi connectivity index (χ1) is 11.0. The topological polar surface area (TPSA) is 0 Å². The average Bonchev–Trinajstić information content (AvgIpc) is 2.90. The van der Waals surface area contributed by atoms with Crippen LogP contribution in [-0.2, 0) is 0 Å². The van der Waals surface area contributed by atoms with Crippen molar-refractivity contribution < 1.29 is 0 Å². The molecular weight excluding hydrogens is 276 g/mol. The van der Waals surface area contributed by atoms with E-state index in [1.54, 1.807) is 11.1 Å². The van der Waals surface area contributed by atoms with Gasteiger partial charge in [-0.2, -0.15) is 0 Å². The lowest BCUT2D eigenvalue weighted by atomic mass is 9.49. The highest BCUT2D eigenvalue weighted by Gasteiger charge is 2.55. The Balaban J connectivity index is 1.69. The van der Waals surface area contributed by atoms with Crippen LogP contribution in [0.4, 0.5) is 0 Å². The van der Waals surface area contributed by atoms with Gasteiger partial charge in [-0.05, 0) is 93.8 Å². The molecule has 0 N–H and O–H groups in total. The van der Waals surface area contributed by atoms with Gasteiger partial charge in [-0.3, -0.25) is 0 Å². The van der Waals surface area contributed by atoms with Crippen LogP contribution in [0.25, 0.3) is 0 Å². The zero-order valence-electron chi connectivity index (χ0n) is 15.6. The fourth-order valence-electron chi connectivity index (χ4n) is 6.97. The minimum absolute atomic E-state index is 0.481. The monoisotopic (exact) mass is 310 g/mol. The summed E-state index contributed by atoms with van der Waals surface area (Å²) in [7, 11) is 0. The number of fused-ring (bicyclic) bond motifs is 5. The fraction of sp³-hybridized carbons (Fsp3) is 0.739. The highest BCUT2D eigenvalue weighted by molar-refractivity contribution is 5.35. The second-order valence-electron chi connectivity index (χ2n) is 9.19. The largest absolute Gasteiger partial charge is 0.0884 e. The van der Waals surface area contributed by atoms with Gasteiger partial charge in [-0.25, -0.2) is 0 Å². The van der Waals surface area contributed by atoms with Crippen LogP contribution in [0.5, 0.6) is 0 Å². The lowest BCUT2D eigenvalue weighted by Crippen LogP contribution is -2.46. The molecule has 4 aliphatic carbocycles. The number of allylic oxidation sites excluding steroid dienone is 6. The molecule has 0 radical (unpaired) electrons. The quantitative estimate of drug-likeness (QED) is 0.429. The van der Waals surface area contributed by atoms with Gasteiger partial charge in [0.25, 0.3) is 0 Å². The van der Waals surface area contributed by atoms with Gasteiger partial charge in [0.05, 0.1) is 0 Å². The second kappa shape index (κ2) is 5.36. The van der Waals surface area contributed by atoms with E-state index in [4.69, 9.17) is 0 Å². The highest BCUT2D eigenvalue weighted by Crippen LogP contribution is 2.65. The molecule has 0 aliphatic heterocycles. The van der Waals surface area contributed by atoms with E-state index in [9.17, 15) is 0 Å². The standard InChI is InChI=1S/C23H34/c1-5-16-11-13-23(4)18(15-16)7-9-19-20-10-8-17(6-2)22(20,3)14-12-21(19)23/h5-6,12,18-20H,7-11,13-15H2,1-4H3/b16-5-,17-6-/t18-,19?,20+,22-,23+/m1/s1. The molecule has 0 spiro atoms. The molecule has 23 heavy (non-hydrogen) atoms. The third-order valence-electron chi connectivity index (χ3n) is 8.53. The molecule has 0 amide bonds. The van der Waals surface area contributed by atoms with E-state index in [-0.39, 0.29) is 0 Å². The zero-order valence-corrected chi connectivity index (χ0v) is 15.6. The number of rotatable bonds is 0. The van der Waals surface area contributed by atoms with Crippen LogP contribution in [0.1, 0.15) is 79.1 Å². The second-order valence-corrected chi connectivity index (χ2v) is 9.19. The summed E-state index contributed by atoms with van der Waals surface area (Å²) in [5.41, 5.74) is 6.36. The summed E-state index contributed by atoms with van der Waals surface area (Å²) >= 11 is 0. The molecule has 0 nitrogen and oxygen atoms in total. The zero-order chi connectivity index (χ0) is 16.2. The van der Waals surface area contributed by atoms with Gasteiger partial charge >= 0.3 is 0 Å². The number of hydrogen-bond acceptors (Lipinski definition) is 0. The summed E-state index contributed by atoms with van der Waals surface area (Å²) in [4.78, 5) is 0. The molecule has 126 valence electrons. The van der Waals surface area contributed by atoms with Crippen molar-refractivity contribution in [3.8, 4) is 0 Å². The molecule has 0 heteroatoms. The molecule has 0 aromatic carbocycles. The summed E-state index contributed by atoms with van der Waals surface area (Å²) in [6, 6.07) is 0. The van der Waals surface area contributed by atoms with E-state index in [1.165, 1.54) is 51.4 Å². The van der Waals surface area contributed by atoms with Crippen molar-refractivity contribution in [2.75, 3.05) is 0 Å². The minimum atomic E-state index is 0.481. The molecule has 3 saturated carbocycles. The SMILES string of the molecule is C/C=C1/CC[C@]2(C)C3=CC[C@]4(C)/C(=C\C)CC[C@H]4C3CC[C@@H]2C1. The van der Waals surface area contributed by atoms with Crippen LogP contribution in [0.3, 0.4) is 0 Å². The van der Waals surface area contributed by atoms with Crippen molar-refractivity contribution in [2.45, 2.75) is 79.1 Å². The Hall–Kier alpha value is -0.780. The van der Waals surface area contributed by atoms with Crippen molar-refractivity contribution in [2.24, 2.45) is 28.6 Å². The van der Waals surface area contributed by atoms with Crippen LogP contribution in [-0.4, -0.2) is 0 Å². The Morgan fingerprint density at radius 2 is 1.83 bits per heavy atom. The van der Waals surface area contributed by atoms with Crippen molar-refractivity contribution in [3.05, 3.63) is 34.9 Å². The highest BCUT2D eigenvalue weighted by atomic mass is 14.6. The maximum Gasteiger partial charge on any atom is -0.00479 e. The Kier molecular flexibility index (Phi) is 3.67. The molecule has 0 heterocycles. The van der Waals surface area contributed by atoms with E-state index in [0.717, 1.165) is 17.8 Å². The third kappa shape index (κ3) is 2.09. The smallest absolute Gasteiger partial charge is 0.00479 e. The fourth-order valence-corrected chi connectivity index (χ4v) is 6.97. The van der Waals surface area contributed by atoms with Gasteiger partial charge in [0.15, 0.2) is 0 Å². The predicted molar refractivity (Wildman–Crippen MR) is 99.2 cm³/mol. The minimum Gasteiger partial charge on any atom is -0.0884 e. The van der Waals surface area contributed by atoms with Crippen molar-refractivity contribution in [1.82, 2.24) is 0 Å². The van der Waals surface area contributed by atoms with Gasteiger partial charge < -0.3 is 0 Å². The van der Waals surface area contributed by atoms with Crippen molar-refractivity contribution in [1.29, 1.82) is 0 Å². The summed E-state index contributed by atoms with van der Waals surface area (Å²) < 4.78 is 0. The molecule has 5 atom stereocenters. The molecule has 0 bridgehead atoms. The van der Waals surface area contributed by atoms with Gasteiger partial charge in [-0.15, -0.1) is 0 Å². The average molecular weight is 311 g/mol. The molecule has 0 aromatic rings. The molecular formula is C23H34. The first-order valence-electron chi connectivity index (χ1n) is 10.0. The summed E-state index contributed by atoms with van der Waals surface area (Å²) in [6.45, 7) is 9.70. The summed E-state index contributed by atoms with van der Waals surface area (Å²) in [5, 5.41) is 0. The first-order valence-corrected chi connectivity index (χ1v) is 10.0. The third-order valence-corrected chi connectivity index (χ3v) is 8.53. The van der Waals surface area contributed by atoms with Crippen LogP contribution in [0.15, 0.2) is 34.9 Å². The maximum absolute atomic E-state index is 2.72. The Morgan fingerprint density at radius 1 is 1.00 bits per heavy atom. The number of hydrogen-bond donors (Lipinski definition) is 0. The Morgan fingerprint density at radius 3 is 2.57 bits per heavy atom. The van der Waals surface area contributed by atoms with Crippen LogP contribution < -0.4 is 0 Å². The van der Waals surface area contributed by atoms with Gasteiger partial charge in [0.2, 0.25) is 0 Å². The lowest BCUT2D eigenvalue weighted by molar-refractivity contribution is 0.0638. The maximum atomic E-state index is 2.72. The van der Waals surface area contributed by atoms with E-state index in [1.807, 2.05) is 5.57 Å². The van der Waals surface area contributed by atoms with Crippen LogP contribution >= 0.6 is 0 Å². The Bertz CT molecular complexity index is 589. The van der Waals surface area contributed by atoms with Gasteiger partial charge in [-0.1, -0.05) is 48.8 Å². The van der Waals surface area contributed by atoms with Crippen LogP contribution in [0, 0.1) is 28.6 Å². The van der Waals surface area contributed by atoms with E-state index < -0.39 is 0 Å². The van der Waals surface area contributed by atoms with Crippen molar-refractivity contribution in [3.63, 3.8) is 0 Å². The van der Waals surface area contributed by atoms with Crippen LogP contribution in [0.2, 0.25) is 0 Å². The predicted octanol–water partition coefficient (Wildman–Crippen LogP) is 6.84. The van der Waals surface area contributed by atoms with E-state index in [0.29, 0.717) is 10.8 Å².